The van der Waals surface area contributed by atoms with Crippen LogP contribution in [-0.4, -0.2) is 19.1 Å². The number of anilines is 1. The molecule has 0 saturated heterocycles. The first-order valence-corrected chi connectivity index (χ1v) is 7.08. The first-order valence-electron chi connectivity index (χ1n) is 6.28. The monoisotopic (exact) mass is 352 g/mol. The first kappa shape index (κ1) is 15.3. The molecule has 3 N–H and O–H groups in total. The van der Waals surface area contributed by atoms with E-state index in [1.165, 1.54) is 12.1 Å². The van der Waals surface area contributed by atoms with Gasteiger partial charge in [0.25, 0.3) is 5.91 Å². The van der Waals surface area contributed by atoms with Gasteiger partial charge in [0.1, 0.15) is 18.2 Å². The van der Waals surface area contributed by atoms with Crippen LogP contribution in [0.5, 0.6) is 5.75 Å². The number of nitrogens with two attached hydrogens (primary N) is 1. The minimum absolute atomic E-state index is 0.0125. The Bertz CT molecular complexity index is 629. The highest BCUT2D eigenvalue weighted by atomic mass is 79.9. The van der Waals surface area contributed by atoms with Crippen LogP contribution in [0, 0.1) is 5.82 Å². The summed E-state index contributed by atoms with van der Waals surface area (Å²) in [4.78, 5) is 11.9. The fourth-order valence-corrected chi connectivity index (χ4v) is 2.26. The van der Waals surface area contributed by atoms with Gasteiger partial charge >= 0.3 is 0 Å². The van der Waals surface area contributed by atoms with Crippen molar-refractivity contribution in [3.8, 4) is 5.75 Å². The van der Waals surface area contributed by atoms with Crippen LogP contribution in [0.25, 0.3) is 0 Å². The van der Waals surface area contributed by atoms with Crippen molar-refractivity contribution in [2.24, 2.45) is 0 Å². The van der Waals surface area contributed by atoms with Crippen molar-refractivity contribution in [1.82, 2.24) is 5.32 Å². The van der Waals surface area contributed by atoms with E-state index >= 15 is 0 Å². The van der Waals surface area contributed by atoms with E-state index in [1.807, 2.05) is 0 Å². The zero-order valence-corrected chi connectivity index (χ0v) is 12.7. The minimum Gasteiger partial charge on any atom is -0.492 e. The van der Waals surface area contributed by atoms with Gasteiger partial charge in [-0.3, -0.25) is 4.79 Å². The zero-order chi connectivity index (χ0) is 15.2. The van der Waals surface area contributed by atoms with Gasteiger partial charge in [-0.05, 0) is 40.2 Å². The number of hydrogen-bond donors (Lipinski definition) is 2. The molecule has 0 aromatic heterocycles. The van der Waals surface area contributed by atoms with Crippen LogP contribution in [0.1, 0.15) is 10.4 Å². The summed E-state index contributed by atoms with van der Waals surface area (Å²) < 4.78 is 19.4. The summed E-state index contributed by atoms with van der Waals surface area (Å²) in [5.74, 6) is -0.439. The molecule has 2 aromatic carbocycles. The predicted molar refractivity (Wildman–Crippen MR) is 82.8 cm³/mol. The van der Waals surface area contributed by atoms with Gasteiger partial charge in [0, 0.05) is 16.2 Å². The lowest BCUT2D eigenvalue weighted by Gasteiger charge is -2.09. The van der Waals surface area contributed by atoms with E-state index in [0.717, 1.165) is 0 Å². The van der Waals surface area contributed by atoms with Gasteiger partial charge in [0.2, 0.25) is 0 Å². The summed E-state index contributed by atoms with van der Waals surface area (Å²) in [5, 5.41) is 2.60. The van der Waals surface area contributed by atoms with Crippen LogP contribution in [0.4, 0.5) is 10.1 Å². The number of halogens is 2. The van der Waals surface area contributed by atoms with Crippen LogP contribution >= 0.6 is 15.9 Å². The highest BCUT2D eigenvalue weighted by molar-refractivity contribution is 9.10. The summed E-state index contributed by atoms with van der Waals surface area (Å²) in [6.07, 6.45) is 0. The first-order chi connectivity index (χ1) is 10.1. The van der Waals surface area contributed by atoms with Gasteiger partial charge in [-0.25, -0.2) is 4.39 Å². The van der Waals surface area contributed by atoms with Gasteiger partial charge in [0.15, 0.2) is 0 Å². The van der Waals surface area contributed by atoms with E-state index < -0.39 is 11.7 Å². The van der Waals surface area contributed by atoms with E-state index in [1.54, 1.807) is 30.3 Å². The summed E-state index contributed by atoms with van der Waals surface area (Å²) in [6, 6.07) is 11.4. The van der Waals surface area contributed by atoms with Crippen molar-refractivity contribution in [2.45, 2.75) is 0 Å². The van der Waals surface area contributed by atoms with Gasteiger partial charge in [-0.15, -0.1) is 0 Å². The lowest BCUT2D eigenvalue weighted by atomic mass is 10.2. The van der Waals surface area contributed by atoms with Crippen LogP contribution in [0.15, 0.2) is 46.9 Å². The summed E-state index contributed by atoms with van der Waals surface area (Å²) >= 11 is 3.16. The molecule has 0 unspecified atom stereocenters. The van der Waals surface area contributed by atoms with Gasteiger partial charge in [-0.1, -0.05) is 12.1 Å². The Balaban J connectivity index is 1.85. The quantitative estimate of drug-likeness (QED) is 0.642. The number of benzene rings is 2. The molecule has 6 heteroatoms. The molecular formula is C15H14BrFN2O2. The normalized spacial score (nSPS) is 10.2. The fourth-order valence-electron chi connectivity index (χ4n) is 1.74. The molecule has 4 nitrogen and oxygen atoms in total. The number of nitrogen functional groups attached to an aromatic ring is 1. The molecule has 21 heavy (non-hydrogen) atoms. The van der Waals surface area contributed by atoms with E-state index in [4.69, 9.17) is 10.5 Å². The van der Waals surface area contributed by atoms with Crippen LogP contribution in [0.2, 0.25) is 0 Å². The molecule has 0 fully saturated rings. The van der Waals surface area contributed by atoms with E-state index in [0.29, 0.717) is 15.9 Å². The average molecular weight is 353 g/mol. The molecule has 0 radical (unpaired) electrons. The van der Waals surface area contributed by atoms with Gasteiger partial charge in [0.05, 0.1) is 12.1 Å². The SMILES string of the molecule is Nc1cccc(OCCNC(=O)c2c(F)cccc2Br)c1. The van der Waals surface area contributed by atoms with Crippen LogP contribution < -0.4 is 15.8 Å². The second-order valence-corrected chi connectivity index (χ2v) is 5.13. The Kier molecular flexibility index (Phi) is 5.16. The third-order valence-corrected chi connectivity index (χ3v) is 3.37. The van der Waals surface area contributed by atoms with E-state index in [2.05, 4.69) is 21.2 Å². The summed E-state index contributed by atoms with van der Waals surface area (Å²) in [5.41, 5.74) is 6.21. The molecular weight excluding hydrogens is 339 g/mol. The van der Waals surface area contributed by atoms with Crippen molar-refractivity contribution >= 4 is 27.5 Å². The maximum Gasteiger partial charge on any atom is 0.255 e. The molecule has 0 aliphatic heterocycles. The molecule has 0 heterocycles. The van der Waals surface area contributed by atoms with Gasteiger partial charge in [-0.2, -0.15) is 0 Å². The third-order valence-electron chi connectivity index (χ3n) is 2.70. The maximum atomic E-state index is 13.6. The summed E-state index contributed by atoms with van der Waals surface area (Å²) in [7, 11) is 0. The molecule has 0 aliphatic rings. The van der Waals surface area contributed by atoms with Crippen molar-refractivity contribution in [1.29, 1.82) is 0 Å². The zero-order valence-electron chi connectivity index (χ0n) is 11.1. The van der Waals surface area contributed by atoms with Crippen LogP contribution in [-0.2, 0) is 0 Å². The number of carbonyl (C=O) groups is 1. The maximum absolute atomic E-state index is 13.6. The summed E-state index contributed by atoms with van der Waals surface area (Å²) in [6.45, 7) is 0.523. The number of carbonyl (C=O) groups excluding carboxylic acids is 1. The molecule has 0 aliphatic carbocycles. The van der Waals surface area contributed by atoms with Gasteiger partial charge < -0.3 is 15.8 Å². The number of amides is 1. The smallest absolute Gasteiger partial charge is 0.255 e. The highest BCUT2D eigenvalue weighted by Gasteiger charge is 2.14. The molecule has 0 bridgehead atoms. The Hall–Kier alpha value is -2.08. The third kappa shape index (κ3) is 4.19. The second kappa shape index (κ2) is 7.08. The topological polar surface area (TPSA) is 64.3 Å². The number of rotatable bonds is 5. The standard InChI is InChI=1S/C15H14BrFN2O2/c16-12-5-2-6-13(17)14(12)15(20)19-7-8-21-11-4-1-3-10(18)9-11/h1-6,9H,7-8,18H2,(H,19,20). The fraction of sp³-hybridized carbons (Fsp3) is 0.133. The second-order valence-electron chi connectivity index (χ2n) is 4.27. The molecule has 0 atom stereocenters. The molecule has 2 rings (SSSR count). The lowest BCUT2D eigenvalue weighted by Crippen LogP contribution is -2.29. The van der Waals surface area contributed by atoms with Crippen molar-refractivity contribution in [2.75, 3.05) is 18.9 Å². The molecule has 0 saturated carbocycles. The number of nitrogens with one attached hydrogen (secondary N) is 1. The Morgan fingerprint density at radius 2 is 2.05 bits per heavy atom. The molecule has 0 spiro atoms. The molecule has 1 amide bonds. The predicted octanol–water partition coefficient (Wildman–Crippen LogP) is 2.98. The van der Waals surface area contributed by atoms with Crippen molar-refractivity contribution in [3.05, 3.63) is 58.3 Å². The van der Waals surface area contributed by atoms with Crippen LogP contribution in [0.3, 0.4) is 0 Å². The lowest BCUT2D eigenvalue weighted by molar-refractivity contribution is 0.0942. The van der Waals surface area contributed by atoms with E-state index in [-0.39, 0.29) is 18.7 Å². The Labute approximate surface area is 130 Å². The van der Waals surface area contributed by atoms with E-state index in [9.17, 15) is 9.18 Å². The molecule has 2 aromatic rings. The largest absolute Gasteiger partial charge is 0.492 e. The van der Waals surface area contributed by atoms with Crippen molar-refractivity contribution in [3.63, 3.8) is 0 Å². The number of hydrogen-bond acceptors (Lipinski definition) is 3. The minimum atomic E-state index is -0.571. The number of ether oxygens (including phenoxy) is 1. The average Bonchev–Trinajstić information content (AvgIpc) is 2.43. The molecule has 110 valence electrons. The Morgan fingerprint density at radius 1 is 1.29 bits per heavy atom. The highest BCUT2D eigenvalue weighted by Crippen LogP contribution is 2.19. The van der Waals surface area contributed by atoms with Crippen molar-refractivity contribution < 1.29 is 13.9 Å². The Morgan fingerprint density at radius 3 is 2.76 bits per heavy atom.